The van der Waals surface area contributed by atoms with Crippen molar-refractivity contribution in [1.82, 2.24) is 16.0 Å². The second kappa shape index (κ2) is 20.5. The number of carbonyl (C=O) groups excluding carboxylic acids is 3. The summed E-state index contributed by atoms with van der Waals surface area (Å²) in [5, 5.41) is 92.8. The van der Waals surface area contributed by atoms with Crippen LogP contribution in [0.3, 0.4) is 0 Å². The summed E-state index contributed by atoms with van der Waals surface area (Å²) in [6.45, 7) is 1.16. The van der Waals surface area contributed by atoms with Gasteiger partial charge in [0, 0.05) is 20.8 Å². The highest BCUT2D eigenvalue weighted by Crippen LogP contribution is 2.34. The summed E-state index contributed by atoms with van der Waals surface area (Å²) >= 11 is 0. The number of hydrogen-bond donors (Lipinski definition) is 13. The summed E-state index contributed by atoms with van der Waals surface area (Å²) in [6.07, 6.45) is -26.0. The third-order valence-electron chi connectivity index (χ3n) is 9.97. The fourth-order valence-electron chi connectivity index (χ4n) is 7.20. The molecule has 58 heavy (non-hydrogen) atoms. The van der Waals surface area contributed by atoms with Gasteiger partial charge in [-0.25, -0.2) is 4.18 Å². The van der Waals surface area contributed by atoms with Crippen LogP contribution >= 0.6 is 0 Å². The van der Waals surface area contributed by atoms with Crippen molar-refractivity contribution in [3.8, 4) is 0 Å². The Hall–Kier alpha value is -2.36. The van der Waals surface area contributed by atoms with E-state index in [1.54, 1.807) is 0 Å². The molecule has 0 aliphatic carbocycles. The van der Waals surface area contributed by atoms with E-state index < -0.39 is 177 Å². The van der Waals surface area contributed by atoms with E-state index in [0.29, 0.717) is 0 Å². The molecule has 27 heteroatoms. The molecule has 26 nitrogen and oxygen atoms in total. The lowest BCUT2D eigenvalue weighted by Gasteiger charge is -2.51. The highest BCUT2D eigenvalue weighted by Gasteiger charge is 2.56. The minimum atomic E-state index is -5.04. The van der Waals surface area contributed by atoms with Crippen molar-refractivity contribution in [3.05, 3.63) is 0 Å². The summed E-state index contributed by atoms with van der Waals surface area (Å²) in [4.78, 5) is 36.7. The second-order valence-electron chi connectivity index (χ2n) is 14.3. The van der Waals surface area contributed by atoms with Gasteiger partial charge in [-0.05, 0) is 6.92 Å². The van der Waals surface area contributed by atoms with Gasteiger partial charge in [0.15, 0.2) is 18.9 Å². The van der Waals surface area contributed by atoms with Crippen molar-refractivity contribution in [2.75, 3.05) is 26.4 Å². The summed E-state index contributed by atoms with van der Waals surface area (Å²) in [5.41, 5.74) is 5.98. The molecule has 0 saturated carbocycles. The van der Waals surface area contributed by atoms with Gasteiger partial charge in [-0.2, -0.15) is 8.42 Å². The molecule has 14 N–H and O–H groups in total. The third kappa shape index (κ3) is 11.5. The Kier molecular flexibility index (Phi) is 17.0. The van der Waals surface area contributed by atoms with Crippen molar-refractivity contribution in [2.45, 2.75) is 150 Å². The highest BCUT2D eigenvalue weighted by molar-refractivity contribution is 7.80. The van der Waals surface area contributed by atoms with Gasteiger partial charge in [0.05, 0.1) is 44.6 Å². The molecule has 336 valence electrons. The predicted molar refractivity (Wildman–Crippen MR) is 185 cm³/mol. The molecule has 0 aromatic rings. The fourth-order valence-corrected chi connectivity index (χ4v) is 7.51. The van der Waals surface area contributed by atoms with Crippen LogP contribution < -0.4 is 21.7 Å². The van der Waals surface area contributed by atoms with Crippen LogP contribution in [0.15, 0.2) is 0 Å². The minimum absolute atomic E-state index is 0.597. The van der Waals surface area contributed by atoms with E-state index in [1.807, 2.05) is 0 Å². The zero-order valence-corrected chi connectivity index (χ0v) is 32.5. The Labute approximate surface area is 331 Å². The first-order chi connectivity index (χ1) is 27.1. The van der Waals surface area contributed by atoms with Crippen molar-refractivity contribution in [1.29, 1.82) is 0 Å². The molecule has 3 amide bonds. The van der Waals surface area contributed by atoms with E-state index >= 15 is 0 Å². The standard InChI is InChI=1S/C31H54N4O22S/c1-9-18(33-10(2)39)23(44)28(16(51-9)8-50-58(47,48)49)57-31-20(35-12(4)41)25(46)27(15(7-38)54-31)56-30-19(34-11(3)40)24(45)26(14(6-37)53-30)55-29-17(32)22(43)21(42)13(5-36)52-29/h9,13-31,36-38,42-46H,5-8,32H2,1-4H3,(H,33,39)(H,34,40)(H,35,41)(H,47,48,49)/t9-,13+,14+,15+,16+,17+,18-,19+,20+,21+,22+,23?,24?,25+,26+,27+,28+,29-,30-,31-/m0/s1. The summed E-state index contributed by atoms with van der Waals surface area (Å²) in [6, 6.07) is -5.87. The molecule has 4 saturated heterocycles. The van der Waals surface area contributed by atoms with Crippen molar-refractivity contribution in [3.63, 3.8) is 0 Å². The molecule has 2 unspecified atom stereocenters. The number of rotatable bonds is 15. The third-order valence-corrected chi connectivity index (χ3v) is 10.4. The number of hydrogen-bond acceptors (Lipinski definition) is 22. The number of nitrogens with two attached hydrogens (primary N) is 1. The number of aliphatic hydroxyl groups is 8. The first-order valence-electron chi connectivity index (χ1n) is 18.1. The van der Waals surface area contributed by atoms with E-state index in [2.05, 4.69) is 20.1 Å². The average molecular weight is 867 g/mol. The molecule has 4 aliphatic heterocycles. The molecular formula is C31H54N4O22S. The van der Waals surface area contributed by atoms with Crippen LogP contribution in [0.2, 0.25) is 0 Å². The van der Waals surface area contributed by atoms with E-state index in [-0.39, 0.29) is 0 Å². The molecule has 0 radical (unpaired) electrons. The maximum absolute atomic E-state index is 12.4. The average Bonchev–Trinajstić information content (AvgIpc) is 3.14. The Morgan fingerprint density at radius 2 is 0.966 bits per heavy atom. The SMILES string of the molecule is CC(=O)N[C@H]1[C@H](O[C@H]2C(O)[C@@H](NC(C)=O)[C@H](C)O[C@@H]2COS(=O)(=O)O)O[C@H](CO)[C@@H](O[C@@H]2O[C@H](CO)[C@@H](O[C@@H]3O[C@H](CO)[C@@H](O)[C@H](O)[C@H]3N)C(O)[C@H]2NC(C)=O)[C@@H]1O. The van der Waals surface area contributed by atoms with Crippen LogP contribution in [-0.2, 0) is 62.1 Å². The first-order valence-corrected chi connectivity index (χ1v) is 19.5. The molecule has 0 spiro atoms. The molecule has 0 bridgehead atoms. The van der Waals surface area contributed by atoms with Gasteiger partial charge in [0.2, 0.25) is 17.7 Å². The van der Waals surface area contributed by atoms with Crippen LogP contribution in [-0.4, -0.2) is 220 Å². The summed E-state index contributed by atoms with van der Waals surface area (Å²) < 4.78 is 77.4. The maximum atomic E-state index is 12.4. The van der Waals surface area contributed by atoms with Crippen LogP contribution in [0.5, 0.6) is 0 Å². The molecule has 4 rings (SSSR count). The largest absolute Gasteiger partial charge is 0.397 e. The van der Waals surface area contributed by atoms with Gasteiger partial charge in [-0.15, -0.1) is 0 Å². The number of amides is 3. The van der Waals surface area contributed by atoms with Gasteiger partial charge in [-0.1, -0.05) is 0 Å². The van der Waals surface area contributed by atoms with Crippen LogP contribution in [0.25, 0.3) is 0 Å². The summed E-state index contributed by atoms with van der Waals surface area (Å²) in [7, 11) is -5.04. The van der Waals surface area contributed by atoms with Crippen molar-refractivity contribution >= 4 is 28.1 Å². The van der Waals surface area contributed by atoms with E-state index in [0.717, 1.165) is 20.8 Å². The highest BCUT2D eigenvalue weighted by atomic mass is 32.3. The monoisotopic (exact) mass is 866 g/mol. The molecule has 4 heterocycles. The zero-order valence-electron chi connectivity index (χ0n) is 31.7. The van der Waals surface area contributed by atoms with Crippen LogP contribution in [0.1, 0.15) is 27.7 Å². The number of carbonyl (C=O) groups is 3. The molecule has 0 aromatic carbocycles. The van der Waals surface area contributed by atoms with Crippen LogP contribution in [0.4, 0.5) is 0 Å². The van der Waals surface area contributed by atoms with E-state index in [9.17, 15) is 68.2 Å². The molecule has 20 atom stereocenters. The minimum Gasteiger partial charge on any atom is -0.394 e. The van der Waals surface area contributed by atoms with Gasteiger partial charge in [0.1, 0.15) is 85.3 Å². The fraction of sp³-hybridized carbons (Fsp3) is 0.903. The Bertz CT molecular complexity index is 1500. The van der Waals surface area contributed by atoms with E-state index in [4.69, 9.17) is 38.9 Å². The number of ether oxygens (including phenoxy) is 7. The lowest BCUT2D eigenvalue weighted by atomic mass is 9.92. The number of nitrogens with one attached hydrogen (secondary N) is 3. The Balaban J connectivity index is 1.62. The van der Waals surface area contributed by atoms with Gasteiger partial charge in [-0.3, -0.25) is 18.9 Å². The van der Waals surface area contributed by atoms with E-state index in [1.165, 1.54) is 6.92 Å². The van der Waals surface area contributed by atoms with Gasteiger partial charge >= 0.3 is 10.4 Å². The molecule has 0 aromatic heterocycles. The van der Waals surface area contributed by atoms with Crippen molar-refractivity contribution < 1.29 is 106 Å². The predicted octanol–water partition coefficient (Wildman–Crippen LogP) is -8.45. The lowest BCUT2D eigenvalue weighted by Crippen LogP contribution is -2.71. The van der Waals surface area contributed by atoms with Crippen molar-refractivity contribution in [2.24, 2.45) is 5.73 Å². The molecule has 4 aliphatic rings. The lowest BCUT2D eigenvalue weighted by molar-refractivity contribution is -0.358. The Morgan fingerprint density at radius 1 is 0.586 bits per heavy atom. The second-order valence-corrected chi connectivity index (χ2v) is 15.4. The molecular weight excluding hydrogens is 812 g/mol. The molecule has 4 fully saturated rings. The Morgan fingerprint density at radius 3 is 1.38 bits per heavy atom. The maximum Gasteiger partial charge on any atom is 0.397 e. The summed E-state index contributed by atoms with van der Waals surface area (Å²) in [5.74, 6) is -2.12. The number of aliphatic hydroxyl groups excluding tert-OH is 8. The quantitative estimate of drug-likeness (QED) is 0.0680. The van der Waals surface area contributed by atoms with Gasteiger partial charge in [0.25, 0.3) is 0 Å². The smallest absolute Gasteiger partial charge is 0.394 e. The zero-order chi connectivity index (χ0) is 43.4. The first kappa shape index (κ1) is 48.3. The van der Waals surface area contributed by atoms with Crippen LogP contribution in [0, 0.1) is 0 Å². The van der Waals surface area contributed by atoms with Gasteiger partial charge < -0.3 is 95.7 Å². The normalized spacial score (nSPS) is 43.6. The topological polar surface area (TPSA) is 403 Å².